The molecule has 1 saturated carbocycles. The molecule has 1 aliphatic heterocycles. The van der Waals surface area contributed by atoms with Crippen LogP contribution in [0.25, 0.3) is 0 Å². The normalized spacial score (nSPS) is 23.4. The predicted octanol–water partition coefficient (Wildman–Crippen LogP) is 6.02. The summed E-state index contributed by atoms with van der Waals surface area (Å²) in [6.45, 7) is 8.31. The fraction of sp³-hybridized carbons (Fsp3) is 0.400. The first kappa shape index (κ1) is 24.8. The number of aryl methyl sites for hydroxylation is 1. The van der Waals surface area contributed by atoms with Crippen molar-refractivity contribution in [1.82, 2.24) is 4.90 Å². The minimum absolute atomic E-state index is 0.0550. The summed E-state index contributed by atoms with van der Waals surface area (Å²) in [4.78, 5) is 5.44. The zero-order valence-corrected chi connectivity index (χ0v) is 22.2. The van der Waals surface area contributed by atoms with Gasteiger partial charge in [-0.1, -0.05) is 55.0 Å². The average Bonchev–Trinajstić information content (AvgIpc) is 2.90. The number of piperazine rings is 1. The molecule has 2 fully saturated rings. The fourth-order valence-corrected chi connectivity index (χ4v) is 6.91. The molecule has 3 aromatic rings. The smallest absolute Gasteiger partial charge is 0.261 e. The number of para-hydroxylation sites is 1. The Morgan fingerprint density at radius 1 is 0.833 bits per heavy atom. The molecule has 1 N–H and O–H groups in total. The third-order valence-electron chi connectivity index (χ3n) is 8.09. The first-order valence-corrected chi connectivity index (χ1v) is 14.6. The van der Waals surface area contributed by atoms with Crippen molar-refractivity contribution in [2.45, 2.75) is 50.0 Å². The molecule has 5 rings (SSSR count). The SMILES string of the molecule is Cc1ccc(S(=O)(=O)Nc2cccc([C@]3(N4CCN(c5ccccc5)CC4)CC[C@H](C)CC3)c2)cc1. The van der Waals surface area contributed by atoms with Crippen LogP contribution < -0.4 is 9.62 Å². The highest BCUT2D eigenvalue weighted by Gasteiger charge is 2.42. The molecule has 0 bridgehead atoms. The maximum atomic E-state index is 13.1. The molecule has 0 aromatic heterocycles. The summed E-state index contributed by atoms with van der Waals surface area (Å²) >= 11 is 0. The second kappa shape index (κ2) is 10.3. The third-order valence-corrected chi connectivity index (χ3v) is 9.49. The van der Waals surface area contributed by atoms with Gasteiger partial charge in [0.2, 0.25) is 0 Å². The lowest BCUT2D eigenvalue weighted by Crippen LogP contribution is -2.56. The molecule has 6 heteroatoms. The number of anilines is 2. The Kier molecular flexibility index (Phi) is 7.09. The zero-order valence-electron chi connectivity index (χ0n) is 21.4. The van der Waals surface area contributed by atoms with Gasteiger partial charge in [0.05, 0.1) is 4.90 Å². The van der Waals surface area contributed by atoms with Gasteiger partial charge >= 0.3 is 0 Å². The van der Waals surface area contributed by atoms with E-state index in [9.17, 15) is 8.42 Å². The second-order valence-electron chi connectivity index (χ2n) is 10.5. The first-order chi connectivity index (χ1) is 17.4. The number of benzene rings is 3. The number of sulfonamides is 1. The zero-order chi connectivity index (χ0) is 25.2. The van der Waals surface area contributed by atoms with Gasteiger partial charge in [0.15, 0.2) is 0 Å². The quantitative estimate of drug-likeness (QED) is 0.447. The van der Waals surface area contributed by atoms with E-state index in [2.05, 4.69) is 63.9 Å². The highest BCUT2D eigenvalue weighted by molar-refractivity contribution is 7.92. The van der Waals surface area contributed by atoms with Gasteiger partial charge in [-0.2, -0.15) is 0 Å². The van der Waals surface area contributed by atoms with Crippen molar-refractivity contribution in [3.63, 3.8) is 0 Å². The Bertz CT molecular complexity index is 1260. The highest BCUT2D eigenvalue weighted by Crippen LogP contribution is 2.45. The Morgan fingerprint density at radius 2 is 1.50 bits per heavy atom. The van der Waals surface area contributed by atoms with E-state index in [0.717, 1.165) is 50.5 Å². The standard InChI is InChI=1S/C30H37N3O2S/c1-24-11-13-29(14-12-24)36(34,35)31-27-8-6-7-26(23-27)30(17-15-25(2)16-18-30)33-21-19-32(20-22-33)28-9-4-3-5-10-28/h3-14,23,25,31H,15-22H2,1-2H3/t25-,30-. The van der Waals surface area contributed by atoms with E-state index in [1.165, 1.54) is 24.1 Å². The molecule has 1 heterocycles. The van der Waals surface area contributed by atoms with Gasteiger partial charge in [-0.15, -0.1) is 0 Å². The third kappa shape index (κ3) is 5.16. The molecule has 0 spiro atoms. The monoisotopic (exact) mass is 503 g/mol. The molecule has 0 amide bonds. The molecule has 1 aliphatic carbocycles. The topological polar surface area (TPSA) is 52.7 Å². The largest absolute Gasteiger partial charge is 0.369 e. The summed E-state index contributed by atoms with van der Waals surface area (Å²) in [5, 5.41) is 0. The number of rotatable bonds is 6. The van der Waals surface area contributed by atoms with Gasteiger partial charge < -0.3 is 4.90 Å². The van der Waals surface area contributed by atoms with Crippen LogP contribution in [0.5, 0.6) is 0 Å². The molecular weight excluding hydrogens is 466 g/mol. The van der Waals surface area contributed by atoms with Crippen LogP contribution in [0.2, 0.25) is 0 Å². The molecule has 5 nitrogen and oxygen atoms in total. The Hall–Kier alpha value is -2.83. The minimum Gasteiger partial charge on any atom is -0.369 e. The van der Waals surface area contributed by atoms with Gasteiger partial charge in [0.1, 0.15) is 0 Å². The molecule has 1 saturated heterocycles. The van der Waals surface area contributed by atoms with Crippen LogP contribution in [0.1, 0.15) is 43.7 Å². The minimum atomic E-state index is -3.64. The Morgan fingerprint density at radius 3 is 2.17 bits per heavy atom. The van der Waals surface area contributed by atoms with Crippen molar-refractivity contribution in [3.05, 3.63) is 90.0 Å². The molecular formula is C30H37N3O2S. The second-order valence-corrected chi connectivity index (χ2v) is 12.2. The maximum Gasteiger partial charge on any atom is 0.261 e. The van der Waals surface area contributed by atoms with Crippen molar-refractivity contribution in [3.8, 4) is 0 Å². The van der Waals surface area contributed by atoms with Crippen LogP contribution >= 0.6 is 0 Å². The van der Waals surface area contributed by atoms with Gasteiger partial charge in [0.25, 0.3) is 10.0 Å². The summed E-state index contributed by atoms with van der Waals surface area (Å²) in [5.41, 5.74) is 4.13. The first-order valence-electron chi connectivity index (χ1n) is 13.1. The summed E-state index contributed by atoms with van der Waals surface area (Å²) in [5.74, 6) is 0.729. The molecule has 2 aliphatic rings. The predicted molar refractivity (Wildman–Crippen MR) is 148 cm³/mol. The number of nitrogens with one attached hydrogen (secondary N) is 1. The lowest BCUT2D eigenvalue weighted by molar-refractivity contribution is 0.0299. The highest BCUT2D eigenvalue weighted by atomic mass is 32.2. The fourth-order valence-electron chi connectivity index (χ4n) is 5.86. The van der Waals surface area contributed by atoms with Gasteiger partial charge in [-0.25, -0.2) is 8.42 Å². The lowest BCUT2D eigenvalue weighted by Gasteiger charge is -2.51. The number of nitrogens with zero attached hydrogens (tertiary/aromatic N) is 2. The summed E-state index contributed by atoms with van der Waals surface area (Å²) < 4.78 is 29.0. The van der Waals surface area contributed by atoms with Gasteiger partial charge in [-0.3, -0.25) is 9.62 Å². The van der Waals surface area contributed by atoms with Gasteiger partial charge in [-0.05, 0) is 80.5 Å². The van der Waals surface area contributed by atoms with Crippen LogP contribution in [0, 0.1) is 12.8 Å². The molecule has 0 radical (unpaired) electrons. The van der Waals surface area contributed by atoms with E-state index >= 15 is 0 Å². The molecule has 0 atom stereocenters. The number of hydrogen-bond acceptors (Lipinski definition) is 4. The summed E-state index contributed by atoms with van der Waals surface area (Å²) in [6, 6.07) is 25.8. The van der Waals surface area contributed by atoms with Crippen molar-refractivity contribution >= 4 is 21.4 Å². The van der Waals surface area contributed by atoms with E-state index in [1.54, 1.807) is 12.1 Å². The van der Waals surface area contributed by atoms with Crippen molar-refractivity contribution in [2.75, 3.05) is 35.8 Å². The van der Waals surface area contributed by atoms with E-state index in [4.69, 9.17) is 0 Å². The molecule has 36 heavy (non-hydrogen) atoms. The summed E-state index contributed by atoms with van der Waals surface area (Å²) in [6.07, 6.45) is 4.60. The van der Waals surface area contributed by atoms with Gasteiger partial charge in [0, 0.05) is 43.1 Å². The van der Waals surface area contributed by atoms with Crippen LogP contribution in [-0.4, -0.2) is 39.5 Å². The van der Waals surface area contributed by atoms with Crippen LogP contribution in [0.15, 0.2) is 83.8 Å². The van der Waals surface area contributed by atoms with Crippen LogP contribution in [-0.2, 0) is 15.6 Å². The number of hydrogen-bond donors (Lipinski definition) is 1. The maximum absolute atomic E-state index is 13.1. The molecule has 3 aromatic carbocycles. The molecule has 190 valence electrons. The van der Waals surface area contributed by atoms with Crippen molar-refractivity contribution in [2.24, 2.45) is 5.92 Å². The van der Waals surface area contributed by atoms with Crippen LogP contribution in [0.4, 0.5) is 11.4 Å². The van der Waals surface area contributed by atoms with Crippen molar-refractivity contribution in [1.29, 1.82) is 0 Å². The van der Waals surface area contributed by atoms with E-state index in [0.29, 0.717) is 5.69 Å². The van der Waals surface area contributed by atoms with E-state index in [-0.39, 0.29) is 10.4 Å². The Balaban J connectivity index is 1.39. The van der Waals surface area contributed by atoms with Crippen molar-refractivity contribution < 1.29 is 8.42 Å². The lowest BCUT2D eigenvalue weighted by atomic mass is 9.71. The summed E-state index contributed by atoms with van der Waals surface area (Å²) in [7, 11) is -3.64. The van der Waals surface area contributed by atoms with E-state index in [1.807, 2.05) is 31.2 Å². The average molecular weight is 504 g/mol. The van der Waals surface area contributed by atoms with E-state index < -0.39 is 10.0 Å². The van der Waals surface area contributed by atoms with Crippen LogP contribution in [0.3, 0.4) is 0 Å². The molecule has 0 unspecified atom stereocenters. The Labute approximate surface area is 216 Å².